The highest BCUT2D eigenvalue weighted by Crippen LogP contribution is 2.14. The average molecular weight is 325 g/mol. The van der Waals surface area contributed by atoms with E-state index in [9.17, 15) is 8.42 Å². The standard InChI is InChI=1S/C16H27N3O2S/c1-14(2)16(19-11-9-18(3)10-12-19)13-17-22(20,21)15-7-5-4-6-8-15/h4-8,14,16-17H,9-13H2,1-3H3. The molecule has 22 heavy (non-hydrogen) atoms. The topological polar surface area (TPSA) is 52.7 Å². The largest absolute Gasteiger partial charge is 0.304 e. The van der Waals surface area contributed by atoms with E-state index in [1.165, 1.54) is 0 Å². The van der Waals surface area contributed by atoms with Crippen molar-refractivity contribution < 1.29 is 8.42 Å². The van der Waals surface area contributed by atoms with Crippen molar-refractivity contribution in [3.05, 3.63) is 30.3 Å². The lowest BCUT2D eigenvalue weighted by Crippen LogP contribution is -2.54. The summed E-state index contributed by atoms with van der Waals surface area (Å²) in [5.74, 6) is 0.405. The van der Waals surface area contributed by atoms with E-state index in [2.05, 4.69) is 35.4 Å². The normalized spacial score (nSPS) is 19.5. The maximum Gasteiger partial charge on any atom is 0.240 e. The molecule has 1 unspecified atom stereocenters. The number of rotatable bonds is 6. The van der Waals surface area contributed by atoms with Crippen LogP contribution in [0.1, 0.15) is 13.8 Å². The van der Waals surface area contributed by atoms with E-state index in [1.54, 1.807) is 24.3 Å². The second-order valence-electron chi connectivity index (χ2n) is 6.32. The molecule has 1 aliphatic heterocycles. The zero-order valence-electron chi connectivity index (χ0n) is 13.7. The van der Waals surface area contributed by atoms with Crippen molar-refractivity contribution >= 4 is 10.0 Å². The molecule has 1 aromatic rings. The number of nitrogens with one attached hydrogen (secondary N) is 1. The van der Waals surface area contributed by atoms with Crippen LogP contribution < -0.4 is 4.72 Å². The molecular weight excluding hydrogens is 298 g/mol. The minimum absolute atomic E-state index is 0.229. The quantitative estimate of drug-likeness (QED) is 0.855. The smallest absolute Gasteiger partial charge is 0.240 e. The molecule has 1 N–H and O–H groups in total. The third-order valence-corrected chi connectivity index (χ3v) is 5.75. The van der Waals surface area contributed by atoms with Crippen LogP contribution in [0.4, 0.5) is 0 Å². The zero-order chi connectivity index (χ0) is 16.2. The molecule has 0 spiro atoms. The Morgan fingerprint density at radius 3 is 2.23 bits per heavy atom. The van der Waals surface area contributed by atoms with Crippen molar-refractivity contribution in [3.8, 4) is 0 Å². The molecule has 1 heterocycles. The summed E-state index contributed by atoms with van der Waals surface area (Å²) in [4.78, 5) is 5.04. The molecule has 124 valence electrons. The van der Waals surface area contributed by atoms with E-state index in [0.717, 1.165) is 26.2 Å². The second-order valence-corrected chi connectivity index (χ2v) is 8.08. The van der Waals surface area contributed by atoms with Gasteiger partial charge in [0, 0.05) is 38.8 Å². The Hall–Kier alpha value is -0.950. The molecule has 1 aromatic carbocycles. The van der Waals surface area contributed by atoms with E-state index in [0.29, 0.717) is 17.4 Å². The van der Waals surface area contributed by atoms with Crippen molar-refractivity contribution in [1.29, 1.82) is 0 Å². The first kappa shape index (κ1) is 17.4. The van der Waals surface area contributed by atoms with Gasteiger partial charge in [-0.3, -0.25) is 4.90 Å². The lowest BCUT2D eigenvalue weighted by Gasteiger charge is -2.39. The summed E-state index contributed by atoms with van der Waals surface area (Å²) < 4.78 is 27.5. The molecule has 1 aliphatic rings. The van der Waals surface area contributed by atoms with E-state index in [1.807, 2.05) is 6.07 Å². The fourth-order valence-corrected chi connectivity index (χ4v) is 3.89. The molecule has 5 nitrogen and oxygen atoms in total. The molecule has 1 atom stereocenters. The predicted molar refractivity (Wildman–Crippen MR) is 89.3 cm³/mol. The molecular formula is C16H27N3O2S. The summed E-state index contributed by atoms with van der Waals surface area (Å²) in [6, 6.07) is 8.79. The summed E-state index contributed by atoms with van der Waals surface area (Å²) in [7, 11) is -1.30. The molecule has 6 heteroatoms. The number of piperazine rings is 1. The fourth-order valence-electron chi connectivity index (χ4n) is 2.82. The van der Waals surface area contributed by atoms with Crippen LogP contribution in [-0.4, -0.2) is 64.0 Å². The average Bonchev–Trinajstić information content (AvgIpc) is 2.50. The van der Waals surface area contributed by atoms with Gasteiger partial charge in [-0.2, -0.15) is 0 Å². The van der Waals surface area contributed by atoms with Crippen LogP contribution in [0.2, 0.25) is 0 Å². The van der Waals surface area contributed by atoms with Crippen molar-refractivity contribution in [3.63, 3.8) is 0 Å². The first-order chi connectivity index (χ1) is 10.4. The maximum atomic E-state index is 12.4. The Morgan fingerprint density at radius 2 is 1.68 bits per heavy atom. The SMILES string of the molecule is CC(C)C(CNS(=O)(=O)c1ccccc1)N1CCN(C)CC1. The highest BCUT2D eigenvalue weighted by molar-refractivity contribution is 7.89. The molecule has 1 saturated heterocycles. The third-order valence-electron chi connectivity index (χ3n) is 4.31. The van der Waals surface area contributed by atoms with Gasteiger partial charge in [-0.1, -0.05) is 32.0 Å². The van der Waals surface area contributed by atoms with Gasteiger partial charge in [0.15, 0.2) is 0 Å². The van der Waals surface area contributed by atoms with Crippen LogP contribution in [0.5, 0.6) is 0 Å². The van der Waals surface area contributed by atoms with E-state index >= 15 is 0 Å². The van der Waals surface area contributed by atoms with Gasteiger partial charge in [0.05, 0.1) is 4.90 Å². The van der Waals surface area contributed by atoms with E-state index in [-0.39, 0.29) is 6.04 Å². The molecule has 2 rings (SSSR count). The fraction of sp³-hybridized carbons (Fsp3) is 0.625. The summed E-state index contributed by atoms with van der Waals surface area (Å²) >= 11 is 0. The lowest BCUT2D eigenvalue weighted by atomic mass is 10.0. The number of likely N-dealkylation sites (N-methyl/N-ethyl adjacent to an activating group) is 1. The Morgan fingerprint density at radius 1 is 1.09 bits per heavy atom. The van der Waals surface area contributed by atoms with Crippen LogP contribution >= 0.6 is 0 Å². The van der Waals surface area contributed by atoms with Crippen LogP contribution in [0.15, 0.2) is 35.2 Å². The van der Waals surface area contributed by atoms with Gasteiger partial charge < -0.3 is 4.90 Å². The molecule has 0 bridgehead atoms. The second kappa shape index (κ2) is 7.55. The van der Waals surface area contributed by atoms with E-state index < -0.39 is 10.0 Å². The number of benzene rings is 1. The highest BCUT2D eigenvalue weighted by atomic mass is 32.2. The van der Waals surface area contributed by atoms with Gasteiger partial charge in [0.1, 0.15) is 0 Å². The van der Waals surface area contributed by atoms with Crippen molar-refractivity contribution in [2.45, 2.75) is 24.8 Å². The third kappa shape index (κ3) is 4.52. The number of hydrogen-bond donors (Lipinski definition) is 1. The van der Waals surface area contributed by atoms with Gasteiger partial charge in [0.25, 0.3) is 0 Å². The predicted octanol–water partition coefficient (Wildman–Crippen LogP) is 1.24. The van der Waals surface area contributed by atoms with Gasteiger partial charge in [-0.25, -0.2) is 13.1 Å². The van der Waals surface area contributed by atoms with Crippen LogP contribution in [0.3, 0.4) is 0 Å². The molecule has 1 fully saturated rings. The van der Waals surface area contributed by atoms with Crippen LogP contribution in [0, 0.1) is 5.92 Å². The summed E-state index contributed by atoms with van der Waals surface area (Å²) in [5.41, 5.74) is 0. The molecule has 0 saturated carbocycles. The lowest BCUT2D eigenvalue weighted by molar-refractivity contribution is 0.0905. The van der Waals surface area contributed by atoms with Crippen LogP contribution in [-0.2, 0) is 10.0 Å². The van der Waals surface area contributed by atoms with Crippen molar-refractivity contribution in [2.75, 3.05) is 39.8 Å². The summed E-state index contributed by atoms with van der Waals surface area (Å²) in [5, 5.41) is 0. The van der Waals surface area contributed by atoms with Crippen molar-refractivity contribution in [2.24, 2.45) is 5.92 Å². The summed E-state index contributed by atoms with van der Waals surface area (Å²) in [6.45, 7) is 8.82. The molecule has 0 amide bonds. The van der Waals surface area contributed by atoms with Crippen molar-refractivity contribution in [1.82, 2.24) is 14.5 Å². The van der Waals surface area contributed by atoms with Crippen LogP contribution in [0.25, 0.3) is 0 Å². The highest BCUT2D eigenvalue weighted by Gasteiger charge is 2.26. The Balaban J connectivity index is 2.00. The Kier molecular flexibility index (Phi) is 5.97. The molecule has 0 aromatic heterocycles. The van der Waals surface area contributed by atoms with Gasteiger partial charge in [0.2, 0.25) is 10.0 Å². The number of nitrogens with zero attached hydrogens (tertiary/aromatic N) is 2. The first-order valence-corrected chi connectivity index (χ1v) is 9.36. The first-order valence-electron chi connectivity index (χ1n) is 7.87. The summed E-state index contributed by atoms with van der Waals surface area (Å²) in [6.07, 6.45) is 0. The minimum atomic E-state index is -3.43. The maximum absolute atomic E-state index is 12.4. The molecule has 0 radical (unpaired) electrons. The van der Waals surface area contributed by atoms with E-state index in [4.69, 9.17) is 0 Å². The zero-order valence-corrected chi connectivity index (χ0v) is 14.5. The number of hydrogen-bond acceptors (Lipinski definition) is 4. The monoisotopic (exact) mass is 325 g/mol. The van der Waals surface area contributed by atoms with Gasteiger partial charge >= 0.3 is 0 Å². The Bertz CT molecular complexity index is 552. The van der Waals surface area contributed by atoms with Gasteiger partial charge in [-0.05, 0) is 25.1 Å². The molecule has 0 aliphatic carbocycles. The minimum Gasteiger partial charge on any atom is -0.304 e. The van der Waals surface area contributed by atoms with Gasteiger partial charge in [-0.15, -0.1) is 0 Å². The number of sulfonamides is 1. The Labute approximate surface area is 134 Å².